The van der Waals surface area contributed by atoms with Crippen molar-refractivity contribution in [3.8, 4) is 6.07 Å². The number of carbonyl (C=O) groups excluding carboxylic acids is 1. The molecule has 4 rings (SSSR count). The molecule has 0 radical (unpaired) electrons. The van der Waals surface area contributed by atoms with Gasteiger partial charge in [0.05, 0.1) is 11.6 Å². The monoisotopic (exact) mass is 353 g/mol. The molecule has 6 heteroatoms. The van der Waals surface area contributed by atoms with Crippen molar-refractivity contribution in [3.63, 3.8) is 0 Å². The number of pyridine rings is 1. The lowest BCUT2D eigenvalue weighted by molar-refractivity contribution is -0.138. The van der Waals surface area contributed by atoms with Gasteiger partial charge in [0.15, 0.2) is 0 Å². The van der Waals surface area contributed by atoms with E-state index in [0.29, 0.717) is 29.3 Å². The normalized spacial score (nSPS) is 31.4. The molecule has 138 valence electrons. The SMILES string of the molecule is N#Cc1ccnc(N2CCN(C(=O)C3CC4CCCC(C3)C4N)CC2)c1. The van der Waals surface area contributed by atoms with Crippen molar-refractivity contribution in [1.82, 2.24) is 9.88 Å². The molecule has 26 heavy (non-hydrogen) atoms. The highest BCUT2D eigenvalue weighted by Crippen LogP contribution is 2.42. The first kappa shape index (κ1) is 17.3. The first-order valence-corrected chi connectivity index (χ1v) is 9.81. The highest BCUT2D eigenvalue weighted by atomic mass is 16.2. The average molecular weight is 353 g/mol. The quantitative estimate of drug-likeness (QED) is 0.875. The second-order valence-corrected chi connectivity index (χ2v) is 8.02. The minimum atomic E-state index is 0.164. The number of nitrogens with zero attached hydrogens (tertiary/aromatic N) is 4. The molecule has 3 aliphatic rings. The van der Waals surface area contributed by atoms with Crippen molar-refractivity contribution >= 4 is 11.7 Å². The molecule has 6 nitrogen and oxygen atoms in total. The molecule has 1 aromatic rings. The van der Waals surface area contributed by atoms with E-state index in [1.165, 1.54) is 19.3 Å². The van der Waals surface area contributed by atoms with Gasteiger partial charge in [-0.25, -0.2) is 4.98 Å². The number of rotatable bonds is 2. The van der Waals surface area contributed by atoms with Crippen LogP contribution in [0.4, 0.5) is 5.82 Å². The van der Waals surface area contributed by atoms with E-state index in [4.69, 9.17) is 11.0 Å². The number of fused-ring (bicyclic) bond motifs is 2. The Morgan fingerprint density at radius 3 is 2.54 bits per heavy atom. The van der Waals surface area contributed by atoms with Crippen molar-refractivity contribution in [3.05, 3.63) is 23.9 Å². The van der Waals surface area contributed by atoms with Crippen molar-refractivity contribution in [2.75, 3.05) is 31.1 Å². The van der Waals surface area contributed by atoms with E-state index in [1.54, 1.807) is 12.3 Å². The maximum Gasteiger partial charge on any atom is 0.225 e. The largest absolute Gasteiger partial charge is 0.353 e. The predicted molar refractivity (Wildman–Crippen MR) is 99.3 cm³/mol. The van der Waals surface area contributed by atoms with Gasteiger partial charge in [0.25, 0.3) is 0 Å². The summed E-state index contributed by atoms with van der Waals surface area (Å²) in [5.74, 6) is 2.39. The lowest BCUT2D eigenvalue weighted by atomic mass is 9.65. The van der Waals surface area contributed by atoms with Crippen LogP contribution in [0.3, 0.4) is 0 Å². The number of anilines is 1. The molecule has 2 N–H and O–H groups in total. The number of nitriles is 1. The third-order valence-corrected chi connectivity index (χ3v) is 6.55. The molecule has 2 unspecified atom stereocenters. The second kappa shape index (κ2) is 7.24. The fourth-order valence-electron chi connectivity index (χ4n) is 5.07. The summed E-state index contributed by atoms with van der Waals surface area (Å²) in [4.78, 5) is 21.6. The molecule has 3 fully saturated rings. The number of hydrogen-bond acceptors (Lipinski definition) is 5. The molecule has 2 saturated carbocycles. The van der Waals surface area contributed by atoms with Crippen LogP contribution in [0.2, 0.25) is 0 Å². The fourth-order valence-corrected chi connectivity index (χ4v) is 5.07. The Labute approximate surface area is 155 Å². The Hall–Kier alpha value is -2.13. The molecule has 2 heterocycles. The smallest absolute Gasteiger partial charge is 0.225 e. The zero-order valence-electron chi connectivity index (χ0n) is 15.2. The number of piperazine rings is 1. The standard InChI is InChI=1S/C20H27N5O/c21-13-14-4-5-23-18(10-14)24-6-8-25(9-7-24)20(26)17-11-15-2-1-3-16(12-17)19(15)22/h4-5,10,15-17,19H,1-3,6-9,11-12,22H2. The number of hydrogen-bond donors (Lipinski definition) is 1. The topological polar surface area (TPSA) is 86.2 Å². The summed E-state index contributed by atoms with van der Waals surface area (Å²) in [7, 11) is 0. The molecule has 2 atom stereocenters. The molecule has 1 aromatic heterocycles. The lowest BCUT2D eigenvalue weighted by Crippen LogP contribution is -2.53. The molecule has 1 saturated heterocycles. The van der Waals surface area contributed by atoms with E-state index < -0.39 is 0 Å². The summed E-state index contributed by atoms with van der Waals surface area (Å²) in [6.07, 6.45) is 7.28. The first-order valence-electron chi connectivity index (χ1n) is 9.81. The van der Waals surface area contributed by atoms with Crippen molar-refractivity contribution < 1.29 is 4.79 Å². The van der Waals surface area contributed by atoms with E-state index in [2.05, 4.69) is 16.0 Å². The first-order chi connectivity index (χ1) is 12.7. The summed E-state index contributed by atoms with van der Waals surface area (Å²) in [5, 5.41) is 9.05. The minimum Gasteiger partial charge on any atom is -0.353 e. The molecular weight excluding hydrogens is 326 g/mol. The molecule has 1 amide bonds. The van der Waals surface area contributed by atoms with Gasteiger partial charge in [0.1, 0.15) is 5.82 Å². The predicted octanol–water partition coefficient (Wildman–Crippen LogP) is 1.76. The van der Waals surface area contributed by atoms with Crippen molar-refractivity contribution in [1.29, 1.82) is 5.26 Å². The van der Waals surface area contributed by atoms with E-state index in [1.807, 2.05) is 11.0 Å². The third kappa shape index (κ3) is 3.28. The molecule has 1 aliphatic heterocycles. The van der Waals surface area contributed by atoms with E-state index >= 15 is 0 Å². The van der Waals surface area contributed by atoms with Gasteiger partial charge in [0, 0.05) is 44.3 Å². The van der Waals surface area contributed by atoms with Gasteiger partial charge in [-0.1, -0.05) is 6.42 Å². The Morgan fingerprint density at radius 2 is 1.88 bits per heavy atom. The lowest BCUT2D eigenvalue weighted by Gasteiger charge is -2.45. The summed E-state index contributed by atoms with van der Waals surface area (Å²) >= 11 is 0. The van der Waals surface area contributed by atoms with Gasteiger partial charge in [-0.05, 0) is 49.7 Å². The summed E-state index contributed by atoms with van der Waals surface area (Å²) in [5.41, 5.74) is 6.99. The van der Waals surface area contributed by atoms with Gasteiger partial charge in [-0.15, -0.1) is 0 Å². The maximum atomic E-state index is 13.0. The molecule has 2 bridgehead atoms. The molecule has 2 aliphatic carbocycles. The highest BCUT2D eigenvalue weighted by molar-refractivity contribution is 5.79. The minimum absolute atomic E-state index is 0.164. The summed E-state index contributed by atoms with van der Waals surface area (Å²) in [6.45, 7) is 3.00. The summed E-state index contributed by atoms with van der Waals surface area (Å²) < 4.78 is 0. The Bertz CT molecular complexity index is 692. The van der Waals surface area contributed by atoms with Crippen LogP contribution in [0.15, 0.2) is 18.3 Å². The van der Waals surface area contributed by atoms with Gasteiger partial charge in [-0.3, -0.25) is 4.79 Å². The Morgan fingerprint density at radius 1 is 1.19 bits per heavy atom. The molecule has 0 spiro atoms. The zero-order valence-corrected chi connectivity index (χ0v) is 15.2. The van der Waals surface area contributed by atoms with E-state index in [0.717, 1.165) is 44.8 Å². The highest BCUT2D eigenvalue weighted by Gasteiger charge is 2.41. The van der Waals surface area contributed by atoms with Gasteiger partial charge in [0.2, 0.25) is 5.91 Å². The van der Waals surface area contributed by atoms with Crippen molar-refractivity contribution in [2.24, 2.45) is 23.5 Å². The zero-order chi connectivity index (χ0) is 18.1. The second-order valence-electron chi connectivity index (χ2n) is 8.02. The van der Waals surface area contributed by atoms with Crippen LogP contribution in [0.5, 0.6) is 0 Å². The summed E-state index contributed by atoms with van der Waals surface area (Å²) in [6, 6.07) is 6.00. The molecular formula is C20H27N5O. The molecule has 0 aromatic carbocycles. The average Bonchev–Trinajstić information content (AvgIpc) is 2.67. The van der Waals surface area contributed by atoms with Gasteiger partial charge < -0.3 is 15.5 Å². The van der Waals surface area contributed by atoms with Crippen LogP contribution < -0.4 is 10.6 Å². The number of amides is 1. The van der Waals surface area contributed by atoms with E-state index in [9.17, 15) is 4.79 Å². The number of aromatic nitrogens is 1. The number of nitrogens with two attached hydrogens (primary N) is 1. The Balaban J connectivity index is 1.36. The number of carbonyl (C=O) groups is 1. The maximum absolute atomic E-state index is 13.0. The van der Waals surface area contributed by atoms with Gasteiger partial charge in [-0.2, -0.15) is 5.26 Å². The Kier molecular flexibility index (Phi) is 4.82. The van der Waals surface area contributed by atoms with Crippen LogP contribution in [-0.4, -0.2) is 48.0 Å². The van der Waals surface area contributed by atoms with Crippen LogP contribution in [0, 0.1) is 29.1 Å². The van der Waals surface area contributed by atoms with Gasteiger partial charge >= 0.3 is 0 Å². The van der Waals surface area contributed by atoms with E-state index in [-0.39, 0.29) is 5.92 Å². The fraction of sp³-hybridized carbons (Fsp3) is 0.650. The third-order valence-electron chi connectivity index (χ3n) is 6.55. The van der Waals surface area contributed by atoms with Crippen LogP contribution >= 0.6 is 0 Å². The van der Waals surface area contributed by atoms with Crippen LogP contribution in [0.1, 0.15) is 37.7 Å². The van der Waals surface area contributed by atoms with Crippen molar-refractivity contribution in [2.45, 2.75) is 38.1 Å². The van der Waals surface area contributed by atoms with Crippen LogP contribution in [-0.2, 0) is 4.79 Å². The van der Waals surface area contributed by atoms with Crippen LogP contribution in [0.25, 0.3) is 0 Å².